The first-order valence-corrected chi connectivity index (χ1v) is 6.87. The molecular weight excluding hydrogens is 252 g/mol. The van der Waals surface area contributed by atoms with Gasteiger partial charge in [0.25, 0.3) is 5.56 Å². The minimum Gasteiger partial charge on any atom is -0.380 e. The van der Waals surface area contributed by atoms with Gasteiger partial charge in [-0.05, 0) is 42.5 Å². The lowest BCUT2D eigenvalue weighted by molar-refractivity contribution is 0.886. The number of aromatic amines is 1. The van der Waals surface area contributed by atoms with E-state index < -0.39 is 0 Å². The lowest BCUT2D eigenvalue weighted by Crippen LogP contribution is -2.15. The van der Waals surface area contributed by atoms with E-state index in [1.54, 1.807) is 12.4 Å². The number of anilines is 2. The number of pyridine rings is 2. The van der Waals surface area contributed by atoms with Crippen molar-refractivity contribution in [1.29, 1.82) is 0 Å². The van der Waals surface area contributed by atoms with Gasteiger partial charge in [0, 0.05) is 31.5 Å². The first-order chi connectivity index (χ1) is 9.76. The third-order valence-corrected chi connectivity index (χ3v) is 3.53. The van der Waals surface area contributed by atoms with E-state index in [1.165, 1.54) is 12.8 Å². The van der Waals surface area contributed by atoms with Gasteiger partial charge in [0.2, 0.25) is 0 Å². The summed E-state index contributed by atoms with van der Waals surface area (Å²) in [7, 11) is 1.83. The summed E-state index contributed by atoms with van der Waals surface area (Å²) < 4.78 is 0. The monoisotopic (exact) mass is 270 g/mol. The van der Waals surface area contributed by atoms with Crippen LogP contribution in [-0.4, -0.2) is 23.6 Å². The second-order valence-corrected chi connectivity index (χ2v) is 5.14. The maximum absolute atomic E-state index is 11.8. The van der Waals surface area contributed by atoms with E-state index in [2.05, 4.69) is 20.6 Å². The van der Waals surface area contributed by atoms with Gasteiger partial charge in [-0.2, -0.15) is 0 Å². The summed E-state index contributed by atoms with van der Waals surface area (Å²) in [5.41, 5.74) is 2.56. The molecule has 0 radical (unpaired) electrons. The van der Waals surface area contributed by atoms with Gasteiger partial charge in [-0.15, -0.1) is 0 Å². The number of aromatic nitrogens is 2. The Balaban J connectivity index is 1.88. The topological polar surface area (TPSA) is 69.8 Å². The van der Waals surface area contributed by atoms with Crippen LogP contribution in [0.15, 0.2) is 35.4 Å². The van der Waals surface area contributed by atoms with Crippen LogP contribution in [0.3, 0.4) is 0 Å². The van der Waals surface area contributed by atoms with E-state index >= 15 is 0 Å². The predicted octanol–water partition coefficient (Wildman–Crippen LogP) is 2.30. The molecule has 0 spiro atoms. The molecule has 5 nitrogen and oxygen atoms in total. The highest BCUT2D eigenvalue weighted by Crippen LogP contribution is 2.29. The molecule has 104 valence electrons. The quantitative estimate of drug-likeness (QED) is 0.779. The van der Waals surface area contributed by atoms with Gasteiger partial charge < -0.3 is 15.6 Å². The Labute approximate surface area is 117 Å². The Morgan fingerprint density at radius 3 is 2.95 bits per heavy atom. The van der Waals surface area contributed by atoms with Crippen molar-refractivity contribution in [1.82, 2.24) is 9.97 Å². The molecule has 5 heteroatoms. The molecule has 1 aliphatic rings. The van der Waals surface area contributed by atoms with Gasteiger partial charge in [-0.3, -0.25) is 4.79 Å². The lowest BCUT2D eigenvalue weighted by Gasteiger charge is -2.08. The van der Waals surface area contributed by atoms with Gasteiger partial charge in [0.15, 0.2) is 0 Å². The van der Waals surface area contributed by atoms with Crippen molar-refractivity contribution in [3.8, 4) is 11.1 Å². The fourth-order valence-corrected chi connectivity index (χ4v) is 2.10. The van der Waals surface area contributed by atoms with Gasteiger partial charge in [0.05, 0.1) is 0 Å². The van der Waals surface area contributed by atoms with Gasteiger partial charge in [-0.1, -0.05) is 0 Å². The third kappa shape index (κ3) is 2.82. The SMILES string of the molecule is CNc1cc(-c2c[nH]c(=O)c(NCC3CC3)c2)ccn1. The standard InChI is InChI=1S/C15H18N4O/c1-16-14-7-11(4-5-17-14)12-6-13(15(20)19-9-12)18-8-10-2-3-10/h4-7,9-10,18H,2-3,8H2,1H3,(H,16,17)(H,19,20). The minimum atomic E-state index is -0.0719. The molecule has 0 amide bonds. The largest absolute Gasteiger partial charge is 0.380 e. The summed E-state index contributed by atoms with van der Waals surface area (Å²) in [5, 5.41) is 6.25. The average molecular weight is 270 g/mol. The molecule has 0 bridgehead atoms. The number of rotatable bonds is 5. The first kappa shape index (κ1) is 12.7. The number of hydrogen-bond donors (Lipinski definition) is 3. The van der Waals surface area contributed by atoms with Crippen LogP contribution in [0.25, 0.3) is 11.1 Å². The van der Waals surface area contributed by atoms with Crippen LogP contribution in [0.1, 0.15) is 12.8 Å². The Morgan fingerprint density at radius 1 is 1.35 bits per heavy atom. The molecule has 0 aromatic carbocycles. The van der Waals surface area contributed by atoms with Crippen LogP contribution in [0.4, 0.5) is 11.5 Å². The number of nitrogens with one attached hydrogen (secondary N) is 3. The molecule has 1 aliphatic carbocycles. The van der Waals surface area contributed by atoms with Crippen LogP contribution >= 0.6 is 0 Å². The number of hydrogen-bond acceptors (Lipinski definition) is 4. The fourth-order valence-electron chi connectivity index (χ4n) is 2.10. The summed E-state index contributed by atoms with van der Waals surface area (Å²) in [5.74, 6) is 1.54. The van der Waals surface area contributed by atoms with Gasteiger partial charge in [-0.25, -0.2) is 4.98 Å². The average Bonchev–Trinajstić information content (AvgIpc) is 3.31. The minimum absolute atomic E-state index is 0.0719. The molecule has 2 aromatic heterocycles. The Bertz CT molecular complexity index is 661. The van der Waals surface area contributed by atoms with Crippen molar-refractivity contribution in [3.05, 3.63) is 40.9 Å². The molecule has 0 saturated heterocycles. The highest BCUT2D eigenvalue weighted by molar-refractivity contribution is 5.68. The highest BCUT2D eigenvalue weighted by atomic mass is 16.1. The molecule has 3 N–H and O–H groups in total. The second-order valence-electron chi connectivity index (χ2n) is 5.14. The summed E-state index contributed by atoms with van der Waals surface area (Å²) >= 11 is 0. The normalized spacial score (nSPS) is 14.1. The van der Waals surface area contributed by atoms with E-state index in [1.807, 2.05) is 25.2 Å². The fraction of sp³-hybridized carbons (Fsp3) is 0.333. The molecule has 1 fully saturated rings. The van der Waals surface area contributed by atoms with Gasteiger partial charge >= 0.3 is 0 Å². The van der Waals surface area contributed by atoms with Crippen molar-refractivity contribution < 1.29 is 0 Å². The van der Waals surface area contributed by atoms with E-state index in [4.69, 9.17) is 0 Å². The van der Waals surface area contributed by atoms with E-state index in [0.29, 0.717) is 5.69 Å². The number of H-pyrrole nitrogens is 1. The molecule has 0 aliphatic heterocycles. The molecule has 0 atom stereocenters. The Morgan fingerprint density at radius 2 is 2.20 bits per heavy atom. The van der Waals surface area contributed by atoms with Crippen LogP contribution < -0.4 is 16.2 Å². The third-order valence-electron chi connectivity index (χ3n) is 3.53. The van der Waals surface area contributed by atoms with Crippen molar-refractivity contribution in [2.24, 2.45) is 5.92 Å². The summed E-state index contributed by atoms with van der Waals surface area (Å²) in [6.45, 7) is 0.880. The van der Waals surface area contributed by atoms with Crippen molar-refractivity contribution >= 4 is 11.5 Å². The molecule has 0 unspecified atom stereocenters. The van der Waals surface area contributed by atoms with Crippen LogP contribution in [-0.2, 0) is 0 Å². The maximum Gasteiger partial charge on any atom is 0.271 e. The zero-order valence-electron chi connectivity index (χ0n) is 11.4. The van der Waals surface area contributed by atoms with Crippen LogP contribution in [0.5, 0.6) is 0 Å². The zero-order chi connectivity index (χ0) is 13.9. The van der Waals surface area contributed by atoms with Gasteiger partial charge in [0.1, 0.15) is 11.5 Å². The molecule has 2 heterocycles. The van der Waals surface area contributed by atoms with E-state index in [0.717, 1.165) is 29.4 Å². The highest BCUT2D eigenvalue weighted by Gasteiger charge is 2.21. The van der Waals surface area contributed by atoms with E-state index in [9.17, 15) is 4.79 Å². The second kappa shape index (κ2) is 5.36. The molecule has 2 aromatic rings. The Kier molecular flexibility index (Phi) is 3.41. The van der Waals surface area contributed by atoms with Crippen LogP contribution in [0, 0.1) is 5.92 Å². The molecule has 1 saturated carbocycles. The Hall–Kier alpha value is -2.30. The molecular formula is C15H18N4O. The van der Waals surface area contributed by atoms with E-state index in [-0.39, 0.29) is 5.56 Å². The smallest absolute Gasteiger partial charge is 0.271 e. The predicted molar refractivity (Wildman–Crippen MR) is 81.1 cm³/mol. The zero-order valence-corrected chi connectivity index (χ0v) is 11.4. The lowest BCUT2D eigenvalue weighted by atomic mass is 10.1. The van der Waals surface area contributed by atoms with Crippen molar-refractivity contribution in [3.63, 3.8) is 0 Å². The first-order valence-electron chi connectivity index (χ1n) is 6.87. The summed E-state index contributed by atoms with van der Waals surface area (Å²) in [6.07, 6.45) is 6.02. The number of nitrogens with zero attached hydrogens (tertiary/aromatic N) is 1. The molecule has 3 rings (SSSR count). The molecule has 20 heavy (non-hydrogen) atoms. The summed E-state index contributed by atoms with van der Waals surface area (Å²) in [6, 6.07) is 5.79. The van der Waals surface area contributed by atoms with Crippen molar-refractivity contribution in [2.45, 2.75) is 12.8 Å². The maximum atomic E-state index is 11.8. The van der Waals surface area contributed by atoms with Crippen molar-refractivity contribution in [2.75, 3.05) is 24.2 Å². The van der Waals surface area contributed by atoms with Crippen LogP contribution in [0.2, 0.25) is 0 Å². The summed E-state index contributed by atoms with van der Waals surface area (Å²) in [4.78, 5) is 18.8.